The topological polar surface area (TPSA) is 93.6 Å². The van der Waals surface area contributed by atoms with E-state index in [9.17, 15) is 9.59 Å². The lowest BCUT2D eigenvalue weighted by Gasteiger charge is -2.12. The third-order valence-corrected chi connectivity index (χ3v) is 5.79. The second kappa shape index (κ2) is 8.96. The van der Waals surface area contributed by atoms with E-state index in [2.05, 4.69) is 10.3 Å². The Bertz CT molecular complexity index is 1370. The monoisotopic (exact) mass is 454 g/mol. The van der Waals surface area contributed by atoms with Crippen LogP contribution in [0.5, 0.6) is 11.5 Å². The summed E-state index contributed by atoms with van der Waals surface area (Å²) < 4.78 is 16.1. The number of aromatic nitrogens is 1. The van der Waals surface area contributed by atoms with Gasteiger partial charge in [-0.1, -0.05) is 11.6 Å². The van der Waals surface area contributed by atoms with Crippen molar-refractivity contribution in [2.75, 3.05) is 20.8 Å². The first-order valence-electron chi connectivity index (χ1n) is 10.1. The van der Waals surface area contributed by atoms with Crippen LogP contribution < -0.4 is 20.4 Å². The summed E-state index contributed by atoms with van der Waals surface area (Å²) in [5, 5.41) is 5.21. The molecular weight excluding hydrogens is 432 g/mol. The first-order chi connectivity index (χ1) is 15.4. The van der Waals surface area contributed by atoms with Crippen LogP contribution in [0, 0.1) is 6.92 Å². The Hall–Kier alpha value is -3.45. The number of aryl methyl sites for hydroxylation is 1. The highest BCUT2D eigenvalue weighted by Gasteiger charge is 2.18. The number of H-pyrrole nitrogens is 1. The van der Waals surface area contributed by atoms with Crippen molar-refractivity contribution in [2.24, 2.45) is 0 Å². The number of benzene rings is 2. The lowest BCUT2D eigenvalue weighted by Crippen LogP contribution is -2.29. The van der Waals surface area contributed by atoms with Gasteiger partial charge in [0.1, 0.15) is 17.1 Å². The van der Waals surface area contributed by atoms with Gasteiger partial charge in [-0.25, -0.2) is 4.79 Å². The van der Waals surface area contributed by atoms with Crippen molar-refractivity contribution in [1.82, 2.24) is 10.3 Å². The Kier molecular flexibility index (Phi) is 6.10. The molecule has 166 valence electrons. The lowest BCUT2D eigenvalue weighted by molar-refractivity contribution is -0.120. The van der Waals surface area contributed by atoms with Gasteiger partial charge in [-0.15, -0.1) is 0 Å². The first-order valence-corrected chi connectivity index (χ1v) is 10.5. The zero-order chi connectivity index (χ0) is 22.8. The normalized spacial score (nSPS) is 11.1. The summed E-state index contributed by atoms with van der Waals surface area (Å²) in [6, 6.07) is 8.99. The van der Waals surface area contributed by atoms with Crippen LogP contribution in [-0.2, 0) is 17.6 Å². The van der Waals surface area contributed by atoms with Crippen LogP contribution in [0.15, 0.2) is 45.7 Å². The molecule has 32 heavy (non-hydrogen) atoms. The predicted molar refractivity (Wildman–Crippen MR) is 124 cm³/mol. The minimum atomic E-state index is -0.549. The molecule has 0 aliphatic heterocycles. The van der Waals surface area contributed by atoms with E-state index >= 15 is 0 Å². The van der Waals surface area contributed by atoms with E-state index in [4.69, 9.17) is 25.5 Å². The number of methoxy groups -OCH3 is 2. The maximum Gasteiger partial charge on any atom is 0.340 e. The van der Waals surface area contributed by atoms with E-state index in [1.807, 2.05) is 24.4 Å². The zero-order valence-electron chi connectivity index (χ0n) is 18.0. The number of carbonyl (C=O) groups is 1. The van der Waals surface area contributed by atoms with Crippen molar-refractivity contribution in [3.05, 3.63) is 68.7 Å². The molecule has 0 unspecified atom stereocenters. The van der Waals surface area contributed by atoms with Crippen LogP contribution in [0.1, 0.15) is 16.7 Å². The quantitative estimate of drug-likeness (QED) is 0.409. The molecule has 0 aliphatic rings. The third-order valence-electron chi connectivity index (χ3n) is 5.56. The average Bonchev–Trinajstić information content (AvgIpc) is 3.17. The van der Waals surface area contributed by atoms with E-state index in [-0.39, 0.29) is 12.3 Å². The molecule has 1 amide bonds. The van der Waals surface area contributed by atoms with Gasteiger partial charge in [-0.2, -0.15) is 0 Å². The fraction of sp³-hybridized carbons (Fsp3) is 0.250. The molecule has 0 fully saturated rings. The number of rotatable bonds is 7. The molecule has 0 saturated carbocycles. The molecule has 2 aromatic heterocycles. The van der Waals surface area contributed by atoms with Crippen molar-refractivity contribution in [2.45, 2.75) is 19.8 Å². The molecule has 0 saturated heterocycles. The molecule has 0 bridgehead atoms. The van der Waals surface area contributed by atoms with Gasteiger partial charge in [0.05, 0.1) is 31.6 Å². The van der Waals surface area contributed by atoms with Crippen molar-refractivity contribution in [1.29, 1.82) is 0 Å². The Morgan fingerprint density at radius 3 is 2.75 bits per heavy atom. The van der Waals surface area contributed by atoms with Gasteiger partial charge in [0.15, 0.2) is 0 Å². The highest BCUT2D eigenvalue weighted by molar-refractivity contribution is 6.31. The Morgan fingerprint density at radius 1 is 1.19 bits per heavy atom. The maximum atomic E-state index is 12.6. The maximum absolute atomic E-state index is 12.6. The molecule has 0 radical (unpaired) electrons. The third kappa shape index (κ3) is 4.16. The molecule has 8 heteroatoms. The summed E-state index contributed by atoms with van der Waals surface area (Å²) in [4.78, 5) is 28.4. The van der Waals surface area contributed by atoms with Gasteiger partial charge in [-0.3, -0.25) is 4.79 Å². The standard InChI is InChI=1S/C24H23ClN2O5/c1-13-17(24(29)32-21-10-16(30-2)9-20(31-3)23(13)21)11-22(28)26-7-6-14-12-27-19-5-4-15(25)8-18(14)19/h4-5,8-10,12,27H,6-7,11H2,1-3H3,(H,26,28). The van der Waals surface area contributed by atoms with Gasteiger partial charge >= 0.3 is 5.63 Å². The number of hydrogen-bond donors (Lipinski definition) is 2. The van der Waals surface area contributed by atoms with Crippen LogP contribution in [0.2, 0.25) is 5.02 Å². The molecule has 2 heterocycles. The molecule has 4 rings (SSSR count). The summed E-state index contributed by atoms with van der Waals surface area (Å²) in [7, 11) is 3.05. The first kappa shape index (κ1) is 21.8. The zero-order valence-corrected chi connectivity index (χ0v) is 18.8. The highest BCUT2D eigenvalue weighted by Crippen LogP contribution is 2.33. The second-order valence-electron chi connectivity index (χ2n) is 7.48. The minimum absolute atomic E-state index is 0.0843. The molecule has 2 aromatic carbocycles. The number of carbonyl (C=O) groups excluding carboxylic acids is 1. The fourth-order valence-electron chi connectivity index (χ4n) is 3.88. The van der Waals surface area contributed by atoms with E-state index < -0.39 is 5.63 Å². The van der Waals surface area contributed by atoms with E-state index in [0.29, 0.717) is 51.6 Å². The summed E-state index contributed by atoms with van der Waals surface area (Å²) in [5.41, 5.74) is 2.81. The van der Waals surface area contributed by atoms with Crippen molar-refractivity contribution in [3.63, 3.8) is 0 Å². The number of ether oxygens (including phenoxy) is 2. The van der Waals surface area contributed by atoms with Gasteiger partial charge in [0.2, 0.25) is 5.91 Å². The molecular formula is C24H23ClN2O5. The number of aromatic amines is 1. The smallest absolute Gasteiger partial charge is 0.340 e. The van der Waals surface area contributed by atoms with Gasteiger partial charge < -0.3 is 24.2 Å². The van der Waals surface area contributed by atoms with E-state index in [1.165, 1.54) is 14.2 Å². The lowest BCUT2D eigenvalue weighted by atomic mass is 10.0. The fourth-order valence-corrected chi connectivity index (χ4v) is 4.05. The highest BCUT2D eigenvalue weighted by atomic mass is 35.5. The Morgan fingerprint density at radius 2 is 2.00 bits per heavy atom. The summed E-state index contributed by atoms with van der Waals surface area (Å²) in [6.07, 6.45) is 2.46. The summed E-state index contributed by atoms with van der Waals surface area (Å²) >= 11 is 6.09. The number of hydrogen-bond acceptors (Lipinski definition) is 5. The second-order valence-corrected chi connectivity index (χ2v) is 7.91. The van der Waals surface area contributed by atoms with Gasteiger partial charge in [-0.05, 0) is 42.7 Å². The molecule has 0 spiro atoms. The molecule has 2 N–H and O–H groups in total. The molecule has 0 atom stereocenters. The van der Waals surface area contributed by atoms with Crippen molar-refractivity contribution >= 4 is 39.4 Å². The van der Waals surface area contributed by atoms with Crippen LogP contribution in [0.3, 0.4) is 0 Å². The van der Waals surface area contributed by atoms with Crippen molar-refractivity contribution < 1.29 is 18.7 Å². The van der Waals surface area contributed by atoms with Crippen molar-refractivity contribution in [3.8, 4) is 11.5 Å². The number of fused-ring (bicyclic) bond motifs is 2. The minimum Gasteiger partial charge on any atom is -0.496 e. The van der Waals surface area contributed by atoms with Crippen LogP contribution in [0.25, 0.3) is 21.9 Å². The van der Waals surface area contributed by atoms with E-state index in [0.717, 1.165) is 16.5 Å². The molecule has 7 nitrogen and oxygen atoms in total. The number of amides is 1. The largest absolute Gasteiger partial charge is 0.496 e. The number of halogens is 1. The summed E-state index contributed by atoms with van der Waals surface area (Å²) in [6.45, 7) is 2.21. The predicted octanol–water partition coefficient (Wildman–Crippen LogP) is 4.15. The van der Waals surface area contributed by atoms with Crippen LogP contribution >= 0.6 is 11.6 Å². The SMILES string of the molecule is COc1cc(OC)c2c(C)c(CC(=O)NCCc3c[nH]c4ccc(Cl)cc34)c(=O)oc2c1. The Balaban J connectivity index is 1.50. The van der Waals surface area contributed by atoms with Crippen LogP contribution in [0.4, 0.5) is 0 Å². The van der Waals surface area contributed by atoms with Gasteiger partial charge in [0.25, 0.3) is 0 Å². The molecule has 4 aromatic rings. The Labute approximate surface area is 189 Å². The molecule has 0 aliphatic carbocycles. The van der Waals surface area contributed by atoms with E-state index in [1.54, 1.807) is 19.1 Å². The number of nitrogens with one attached hydrogen (secondary N) is 2. The van der Waals surface area contributed by atoms with Gasteiger partial charge in [0, 0.05) is 40.8 Å². The average molecular weight is 455 g/mol. The van der Waals surface area contributed by atoms with Crippen LogP contribution in [-0.4, -0.2) is 31.7 Å². The summed E-state index contributed by atoms with van der Waals surface area (Å²) in [5.74, 6) is 0.770.